The largest absolute Gasteiger partial charge is 0.345 e. The zero-order chi connectivity index (χ0) is 15.1. The Balaban J connectivity index is 2.32. The Morgan fingerprint density at radius 1 is 1.45 bits per heavy atom. The average molecular weight is 319 g/mol. The Hall–Kier alpha value is -1.01. The number of likely N-dealkylation sites (tertiary alicyclic amines) is 1. The van der Waals surface area contributed by atoms with E-state index in [1.54, 1.807) is 7.05 Å². The fourth-order valence-electron chi connectivity index (χ4n) is 2.77. The van der Waals surface area contributed by atoms with E-state index >= 15 is 0 Å². The molecule has 5 nitrogen and oxygen atoms in total. The van der Waals surface area contributed by atoms with Crippen LogP contribution in [0.4, 0.5) is 0 Å². The quantitative estimate of drug-likeness (QED) is 0.803. The third kappa shape index (κ3) is 2.86. The summed E-state index contributed by atoms with van der Waals surface area (Å²) in [7, 11) is 3.16. The molecule has 0 N–H and O–H groups in total. The van der Waals surface area contributed by atoms with Crippen molar-refractivity contribution in [2.75, 3.05) is 6.54 Å². The third-order valence-corrected chi connectivity index (χ3v) is 5.13. The van der Waals surface area contributed by atoms with Crippen LogP contribution < -0.4 is 0 Å². The maximum Gasteiger partial charge on any atom is 0.270 e. The molecule has 1 saturated heterocycles. The minimum atomic E-state index is -3.81. The van der Waals surface area contributed by atoms with Crippen LogP contribution in [0.15, 0.2) is 17.2 Å². The molecule has 1 aliphatic rings. The average Bonchev–Trinajstić information content (AvgIpc) is 2.92. The molecule has 1 aliphatic heterocycles. The minimum Gasteiger partial charge on any atom is -0.345 e. The lowest BCUT2D eigenvalue weighted by molar-refractivity contribution is 0.0692. The normalized spacial score (nSPS) is 19.9. The lowest BCUT2D eigenvalue weighted by Gasteiger charge is -2.27. The molecule has 2 heterocycles. The van der Waals surface area contributed by atoms with E-state index in [1.165, 1.54) is 16.8 Å². The Kier molecular flexibility index (Phi) is 4.16. The molecule has 7 heteroatoms. The van der Waals surface area contributed by atoms with E-state index in [2.05, 4.69) is 13.8 Å². The van der Waals surface area contributed by atoms with E-state index in [9.17, 15) is 13.2 Å². The Labute approximate surface area is 123 Å². The molecule has 0 aromatic carbocycles. The van der Waals surface area contributed by atoms with Crippen molar-refractivity contribution < 1.29 is 13.2 Å². The number of halogens is 1. The van der Waals surface area contributed by atoms with E-state index in [0.29, 0.717) is 11.6 Å². The van der Waals surface area contributed by atoms with Crippen molar-refractivity contribution >= 4 is 25.6 Å². The van der Waals surface area contributed by atoms with Crippen LogP contribution in [-0.2, 0) is 16.1 Å². The first-order valence-electron chi connectivity index (χ1n) is 6.64. The Morgan fingerprint density at radius 3 is 2.60 bits per heavy atom. The van der Waals surface area contributed by atoms with Crippen molar-refractivity contribution in [1.82, 2.24) is 9.47 Å². The zero-order valence-corrected chi connectivity index (χ0v) is 13.4. The summed E-state index contributed by atoms with van der Waals surface area (Å²) in [6, 6.07) is 1.56. The molecule has 2 rings (SSSR count). The van der Waals surface area contributed by atoms with Gasteiger partial charge in [0.25, 0.3) is 15.0 Å². The fourth-order valence-corrected chi connectivity index (χ4v) is 3.55. The number of hydrogen-bond acceptors (Lipinski definition) is 3. The topological polar surface area (TPSA) is 59.4 Å². The number of aromatic nitrogens is 1. The fraction of sp³-hybridized carbons (Fsp3) is 0.615. The highest BCUT2D eigenvalue weighted by Gasteiger charge is 2.33. The molecule has 20 heavy (non-hydrogen) atoms. The number of hydrogen-bond donors (Lipinski definition) is 0. The maximum atomic E-state index is 12.6. The van der Waals surface area contributed by atoms with Crippen molar-refractivity contribution in [2.45, 2.75) is 37.6 Å². The number of rotatable bonds is 3. The van der Waals surface area contributed by atoms with Gasteiger partial charge in [-0.3, -0.25) is 4.79 Å². The zero-order valence-electron chi connectivity index (χ0n) is 11.8. The molecule has 0 bridgehead atoms. The highest BCUT2D eigenvalue weighted by molar-refractivity contribution is 8.13. The Morgan fingerprint density at radius 2 is 2.10 bits per heavy atom. The second-order valence-electron chi connectivity index (χ2n) is 5.56. The number of carbonyl (C=O) groups is 1. The van der Waals surface area contributed by atoms with Crippen LogP contribution in [0, 0.1) is 5.92 Å². The van der Waals surface area contributed by atoms with Gasteiger partial charge in [-0.25, -0.2) is 8.42 Å². The highest BCUT2D eigenvalue weighted by atomic mass is 35.7. The van der Waals surface area contributed by atoms with Gasteiger partial charge in [0, 0.05) is 36.5 Å². The highest BCUT2D eigenvalue weighted by Crippen LogP contribution is 2.27. The van der Waals surface area contributed by atoms with Crippen LogP contribution in [0.5, 0.6) is 0 Å². The molecule has 1 unspecified atom stereocenters. The molecule has 1 aromatic rings. The molecule has 0 aliphatic carbocycles. The SMILES string of the molecule is CC(C)C1CCCN1C(=O)c1cc(S(=O)(=O)Cl)cn1C. The van der Waals surface area contributed by atoms with Crippen LogP contribution in [0.1, 0.15) is 37.2 Å². The standard InChI is InChI=1S/C13H19ClN2O3S/c1-9(2)11-5-4-6-16(11)13(17)12-7-10(8-15(12)3)20(14,18)19/h7-9,11H,4-6H2,1-3H3. The van der Waals surface area contributed by atoms with E-state index in [-0.39, 0.29) is 16.8 Å². The van der Waals surface area contributed by atoms with Gasteiger partial charge in [0.15, 0.2) is 0 Å². The summed E-state index contributed by atoms with van der Waals surface area (Å²) in [6.45, 7) is 4.90. The molecular weight excluding hydrogens is 300 g/mol. The second kappa shape index (κ2) is 5.41. The van der Waals surface area contributed by atoms with Gasteiger partial charge >= 0.3 is 0 Å². The van der Waals surface area contributed by atoms with Crippen LogP contribution >= 0.6 is 10.7 Å². The maximum absolute atomic E-state index is 12.6. The summed E-state index contributed by atoms with van der Waals surface area (Å²) in [6.07, 6.45) is 3.35. The number of amides is 1. The first kappa shape index (κ1) is 15.4. The van der Waals surface area contributed by atoms with Crippen LogP contribution in [0.2, 0.25) is 0 Å². The molecule has 0 saturated carbocycles. The first-order valence-corrected chi connectivity index (χ1v) is 8.94. The van der Waals surface area contributed by atoms with Crippen molar-refractivity contribution in [2.24, 2.45) is 13.0 Å². The number of aryl methyl sites for hydroxylation is 1. The monoisotopic (exact) mass is 318 g/mol. The van der Waals surface area contributed by atoms with Crippen LogP contribution in [-0.4, -0.2) is 36.4 Å². The lowest BCUT2D eigenvalue weighted by atomic mass is 10.0. The van der Waals surface area contributed by atoms with Gasteiger partial charge in [-0.05, 0) is 24.8 Å². The summed E-state index contributed by atoms with van der Waals surface area (Å²) in [4.78, 5) is 14.4. The first-order chi connectivity index (χ1) is 9.21. The van der Waals surface area contributed by atoms with Gasteiger partial charge in [-0.2, -0.15) is 0 Å². The summed E-state index contributed by atoms with van der Waals surface area (Å²) in [5.41, 5.74) is 0.358. The van der Waals surface area contributed by atoms with Crippen molar-refractivity contribution in [1.29, 1.82) is 0 Å². The van der Waals surface area contributed by atoms with E-state index < -0.39 is 9.05 Å². The summed E-state index contributed by atoms with van der Waals surface area (Å²) < 4.78 is 24.2. The molecule has 112 valence electrons. The van der Waals surface area contributed by atoms with Crippen LogP contribution in [0.3, 0.4) is 0 Å². The molecule has 1 aromatic heterocycles. The predicted molar refractivity (Wildman–Crippen MR) is 77.3 cm³/mol. The molecule has 1 atom stereocenters. The molecular formula is C13H19ClN2O3S. The minimum absolute atomic E-state index is 0.0367. The predicted octanol–water partition coefficient (Wildman–Crippen LogP) is 2.21. The van der Waals surface area contributed by atoms with E-state index in [0.717, 1.165) is 19.4 Å². The van der Waals surface area contributed by atoms with Gasteiger partial charge in [-0.15, -0.1) is 0 Å². The third-order valence-electron chi connectivity index (χ3n) is 3.81. The van der Waals surface area contributed by atoms with E-state index in [1.807, 2.05) is 4.90 Å². The van der Waals surface area contributed by atoms with Crippen LogP contribution in [0.25, 0.3) is 0 Å². The molecule has 1 amide bonds. The summed E-state index contributed by atoms with van der Waals surface area (Å²) in [5.74, 6) is 0.258. The smallest absolute Gasteiger partial charge is 0.270 e. The summed E-state index contributed by atoms with van der Waals surface area (Å²) in [5, 5.41) is 0. The Bertz CT molecular complexity index is 622. The molecule has 1 fully saturated rings. The number of carbonyl (C=O) groups excluding carboxylic acids is 1. The van der Waals surface area contributed by atoms with E-state index in [4.69, 9.17) is 10.7 Å². The van der Waals surface area contributed by atoms with Crippen molar-refractivity contribution in [3.05, 3.63) is 18.0 Å². The lowest BCUT2D eigenvalue weighted by Crippen LogP contribution is -2.39. The van der Waals surface area contributed by atoms with Gasteiger partial charge in [0.2, 0.25) is 0 Å². The van der Waals surface area contributed by atoms with Gasteiger partial charge < -0.3 is 9.47 Å². The van der Waals surface area contributed by atoms with Crippen molar-refractivity contribution in [3.8, 4) is 0 Å². The summed E-state index contributed by atoms with van der Waals surface area (Å²) >= 11 is 0. The molecule has 0 radical (unpaired) electrons. The second-order valence-corrected chi connectivity index (χ2v) is 8.13. The van der Waals surface area contributed by atoms with Gasteiger partial charge in [0.1, 0.15) is 10.6 Å². The van der Waals surface area contributed by atoms with Crippen molar-refractivity contribution in [3.63, 3.8) is 0 Å². The van der Waals surface area contributed by atoms with Gasteiger partial charge in [-0.1, -0.05) is 13.8 Å². The van der Waals surface area contributed by atoms with Gasteiger partial charge in [0.05, 0.1) is 0 Å². The number of nitrogens with zero attached hydrogens (tertiary/aromatic N) is 2. The molecule has 0 spiro atoms.